The number of hydrogen-bond donors (Lipinski definition) is 0. The predicted molar refractivity (Wildman–Crippen MR) is 202 cm³/mol. The van der Waals surface area contributed by atoms with Crippen LogP contribution in [0.5, 0.6) is 0 Å². The van der Waals surface area contributed by atoms with Crippen LogP contribution < -0.4 is 0 Å². The second-order valence-electron chi connectivity index (χ2n) is 17.9. The van der Waals surface area contributed by atoms with Crippen LogP contribution >= 0.6 is 0 Å². The van der Waals surface area contributed by atoms with E-state index in [4.69, 9.17) is 4.74 Å². The van der Waals surface area contributed by atoms with Crippen LogP contribution in [0, 0.1) is 52.3 Å². The molecular formula is C45H78O2. The molecule has 0 N–H and O–H groups in total. The van der Waals surface area contributed by atoms with Crippen LogP contribution in [0.15, 0.2) is 23.8 Å². The highest BCUT2D eigenvalue weighted by atomic mass is 16.5. The summed E-state index contributed by atoms with van der Waals surface area (Å²) in [6.45, 7) is 17.2. The fourth-order valence-electron chi connectivity index (χ4n) is 11.4. The first-order chi connectivity index (χ1) is 22.6. The molecule has 2 heteroatoms. The van der Waals surface area contributed by atoms with Crippen molar-refractivity contribution in [3.8, 4) is 0 Å². The average molecular weight is 651 g/mol. The maximum Gasteiger partial charge on any atom is 0.306 e. The van der Waals surface area contributed by atoms with E-state index >= 15 is 0 Å². The molecule has 9 atom stereocenters. The van der Waals surface area contributed by atoms with E-state index in [1.54, 1.807) is 5.57 Å². The summed E-state index contributed by atoms with van der Waals surface area (Å²) in [4.78, 5) is 12.8. The molecule has 270 valence electrons. The van der Waals surface area contributed by atoms with Gasteiger partial charge in [0, 0.05) is 12.8 Å². The van der Waals surface area contributed by atoms with Crippen LogP contribution in [-0.4, -0.2) is 12.1 Å². The quantitative estimate of drug-likeness (QED) is 0.0744. The number of allylic oxidation sites excluding steroid dienone is 3. The number of rotatable bonds is 20. The van der Waals surface area contributed by atoms with E-state index in [2.05, 4.69) is 66.7 Å². The molecule has 2 nitrogen and oxygen atoms in total. The van der Waals surface area contributed by atoms with Gasteiger partial charge in [0.2, 0.25) is 0 Å². The maximum atomic E-state index is 12.8. The van der Waals surface area contributed by atoms with E-state index in [1.807, 2.05) is 0 Å². The van der Waals surface area contributed by atoms with Gasteiger partial charge in [0.25, 0.3) is 0 Å². The minimum atomic E-state index is 0.0585. The monoisotopic (exact) mass is 651 g/mol. The molecule has 0 unspecified atom stereocenters. The SMILES string of the molecule is CCCCCCCCCCCCCCCC(=O)O[C@H]1CC[C@@]2(C)C(=CC[C@H]3[C@@H]4CC[C@H]([C@H](C)/C=C\[C@H](CC)C(C)C)[C@@]4(C)CC[C@@H]32)C1. The zero-order chi connectivity index (χ0) is 33.9. The largest absolute Gasteiger partial charge is 0.462 e. The molecule has 0 spiro atoms. The van der Waals surface area contributed by atoms with Crippen molar-refractivity contribution in [3.05, 3.63) is 23.8 Å². The lowest BCUT2D eigenvalue weighted by Gasteiger charge is -2.58. The first-order valence-corrected chi connectivity index (χ1v) is 21.2. The normalized spacial score (nSPS) is 33.3. The van der Waals surface area contributed by atoms with Crippen LogP contribution in [0.2, 0.25) is 0 Å². The molecule has 0 bridgehead atoms. The number of carbonyl (C=O) groups excluding carboxylic acids is 1. The Hall–Kier alpha value is -1.05. The fraction of sp³-hybridized carbons (Fsp3) is 0.889. The van der Waals surface area contributed by atoms with Gasteiger partial charge in [-0.3, -0.25) is 4.79 Å². The van der Waals surface area contributed by atoms with Gasteiger partial charge >= 0.3 is 5.97 Å². The van der Waals surface area contributed by atoms with E-state index in [0.717, 1.165) is 48.9 Å². The first kappa shape index (κ1) is 38.7. The van der Waals surface area contributed by atoms with Gasteiger partial charge in [0.05, 0.1) is 0 Å². The van der Waals surface area contributed by atoms with Crippen molar-refractivity contribution >= 4 is 5.97 Å². The Kier molecular flexibility index (Phi) is 15.5. The summed E-state index contributed by atoms with van der Waals surface area (Å²) in [6, 6.07) is 0. The molecule has 0 radical (unpaired) electrons. The van der Waals surface area contributed by atoms with Gasteiger partial charge in [-0.15, -0.1) is 0 Å². The van der Waals surface area contributed by atoms with Crippen molar-refractivity contribution in [2.45, 2.75) is 202 Å². The smallest absolute Gasteiger partial charge is 0.306 e. The fourth-order valence-corrected chi connectivity index (χ4v) is 11.4. The Morgan fingerprint density at radius 3 is 2.06 bits per heavy atom. The zero-order valence-electron chi connectivity index (χ0n) is 32.4. The summed E-state index contributed by atoms with van der Waals surface area (Å²) >= 11 is 0. The highest BCUT2D eigenvalue weighted by Gasteiger charge is 2.59. The second kappa shape index (κ2) is 18.8. The van der Waals surface area contributed by atoms with Crippen molar-refractivity contribution in [3.63, 3.8) is 0 Å². The summed E-state index contributed by atoms with van der Waals surface area (Å²) in [7, 11) is 0. The Balaban J connectivity index is 1.17. The standard InChI is InChI=1S/C45H78O2/c1-8-10-11-12-13-14-15-16-17-18-19-20-21-22-43(46)47-38-29-31-44(6)37(33-38)25-26-39-41-28-27-40(45(41,7)32-30-42(39)44)35(5)23-24-36(9-2)34(3)4/h23-25,34-36,38-42H,8-22,26-33H2,1-7H3/b24-23-/t35-,36+,38+,39+,40-,41+,42+,44+,45-/m1/s1. The van der Waals surface area contributed by atoms with Crippen molar-refractivity contribution in [2.24, 2.45) is 52.3 Å². The van der Waals surface area contributed by atoms with Crippen molar-refractivity contribution < 1.29 is 9.53 Å². The van der Waals surface area contributed by atoms with Crippen LogP contribution in [0.1, 0.15) is 196 Å². The van der Waals surface area contributed by atoms with E-state index in [1.165, 1.54) is 122 Å². The Morgan fingerprint density at radius 1 is 0.809 bits per heavy atom. The topological polar surface area (TPSA) is 26.3 Å². The number of unbranched alkanes of at least 4 members (excludes halogenated alkanes) is 12. The van der Waals surface area contributed by atoms with Gasteiger partial charge in [0.1, 0.15) is 6.10 Å². The molecular weight excluding hydrogens is 572 g/mol. The molecule has 0 aromatic rings. The third-order valence-electron chi connectivity index (χ3n) is 14.5. The third-order valence-corrected chi connectivity index (χ3v) is 14.5. The third kappa shape index (κ3) is 10.0. The number of esters is 1. The molecule has 4 aliphatic rings. The van der Waals surface area contributed by atoms with Crippen molar-refractivity contribution in [2.75, 3.05) is 0 Å². The highest BCUT2D eigenvalue weighted by Crippen LogP contribution is 2.67. The summed E-state index contributed by atoms with van der Waals surface area (Å²) in [5.41, 5.74) is 2.45. The molecule has 0 aliphatic heterocycles. The zero-order valence-corrected chi connectivity index (χ0v) is 32.4. The minimum absolute atomic E-state index is 0.0585. The van der Waals surface area contributed by atoms with Crippen LogP contribution in [0.25, 0.3) is 0 Å². The molecule has 3 fully saturated rings. The summed E-state index contributed by atoms with van der Waals surface area (Å²) < 4.78 is 6.13. The van der Waals surface area contributed by atoms with Gasteiger partial charge < -0.3 is 4.74 Å². The van der Waals surface area contributed by atoms with E-state index in [0.29, 0.717) is 29.1 Å². The van der Waals surface area contributed by atoms with Crippen molar-refractivity contribution in [1.29, 1.82) is 0 Å². The summed E-state index contributed by atoms with van der Waals surface area (Å²) in [5.74, 6) is 5.56. The molecule has 0 heterocycles. The van der Waals surface area contributed by atoms with E-state index < -0.39 is 0 Å². The summed E-state index contributed by atoms with van der Waals surface area (Å²) in [5, 5.41) is 0. The lowest BCUT2D eigenvalue weighted by atomic mass is 9.47. The molecule has 0 amide bonds. The molecule has 0 aromatic carbocycles. The van der Waals surface area contributed by atoms with Gasteiger partial charge in [0.15, 0.2) is 0 Å². The molecule has 3 saturated carbocycles. The lowest BCUT2D eigenvalue weighted by Crippen LogP contribution is -2.51. The van der Waals surface area contributed by atoms with Gasteiger partial charge in [-0.25, -0.2) is 0 Å². The Labute approximate surface area is 293 Å². The highest BCUT2D eigenvalue weighted by molar-refractivity contribution is 5.69. The van der Waals surface area contributed by atoms with Crippen LogP contribution in [0.4, 0.5) is 0 Å². The molecule has 0 aromatic heterocycles. The van der Waals surface area contributed by atoms with E-state index in [9.17, 15) is 4.79 Å². The molecule has 4 aliphatic carbocycles. The molecule has 4 rings (SSSR count). The second-order valence-corrected chi connectivity index (χ2v) is 17.9. The van der Waals surface area contributed by atoms with Crippen LogP contribution in [-0.2, 0) is 9.53 Å². The number of carbonyl (C=O) groups is 1. The van der Waals surface area contributed by atoms with Gasteiger partial charge in [-0.2, -0.15) is 0 Å². The molecule has 0 saturated heterocycles. The van der Waals surface area contributed by atoms with Gasteiger partial charge in [-0.1, -0.05) is 149 Å². The summed E-state index contributed by atoms with van der Waals surface area (Å²) in [6.07, 6.45) is 37.4. The van der Waals surface area contributed by atoms with Crippen molar-refractivity contribution in [1.82, 2.24) is 0 Å². The first-order valence-electron chi connectivity index (χ1n) is 21.2. The van der Waals surface area contributed by atoms with E-state index in [-0.39, 0.29) is 12.1 Å². The predicted octanol–water partition coefficient (Wildman–Crippen LogP) is 13.8. The lowest BCUT2D eigenvalue weighted by molar-refractivity contribution is -0.151. The number of ether oxygens (including phenoxy) is 1. The maximum absolute atomic E-state index is 12.8. The number of hydrogen-bond acceptors (Lipinski definition) is 2. The molecule has 47 heavy (non-hydrogen) atoms. The van der Waals surface area contributed by atoms with Crippen LogP contribution in [0.3, 0.4) is 0 Å². The van der Waals surface area contributed by atoms with Gasteiger partial charge in [-0.05, 0) is 110 Å². The average Bonchev–Trinajstić information content (AvgIpc) is 3.41. The minimum Gasteiger partial charge on any atom is -0.462 e. The Bertz CT molecular complexity index is 992. The Morgan fingerprint density at radius 2 is 1.45 bits per heavy atom. The number of fused-ring (bicyclic) bond motifs is 5.